The Morgan fingerprint density at radius 3 is 2.12 bits per heavy atom. The van der Waals surface area contributed by atoms with Gasteiger partial charge in [-0.05, 0) is 38.8 Å². The van der Waals surface area contributed by atoms with Gasteiger partial charge in [-0.15, -0.1) is 0 Å². The summed E-state index contributed by atoms with van der Waals surface area (Å²) in [6.07, 6.45) is 5.95. The van der Waals surface area contributed by atoms with E-state index in [1.165, 1.54) is 32.4 Å². The molecular formula is C11H21BrN2O2S. The SMILES string of the molecule is O=S(=O)(CBr)N1CCC(N2CCCCC2)CC1. The molecule has 2 aliphatic heterocycles. The molecule has 0 unspecified atom stereocenters. The standard InChI is InChI=1S/C11H21BrN2O2S/c12-10-17(15,16)14-8-4-11(5-9-14)13-6-2-1-3-7-13/h11H,1-10H2. The van der Waals surface area contributed by atoms with Gasteiger partial charge >= 0.3 is 0 Å². The molecule has 0 aromatic heterocycles. The van der Waals surface area contributed by atoms with Crippen LogP contribution in [0.2, 0.25) is 0 Å². The zero-order valence-electron chi connectivity index (χ0n) is 10.1. The molecular weight excluding hydrogens is 304 g/mol. The maximum Gasteiger partial charge on any atom is 0.224 e. The largest absolute Gasteiger partial charge is 0.300 e. The Bertz CT molecular complexity index is 333. The highest BCUT2D eigenvalue weighted by atomic mass is 79.9. The first-order chi connectivity index (χ1) is 8.13. The van der Waals surface area contributed by atoms with Gasteiger partial charge in [-0.2, -0.15) is 0 Å². The van der Waals surface area contributed by atoms with Gasteiger partial charge < -0.3 is 4.90 Å². The normalized spacial score (nSPS) is 26.2. The number of hydrogen-bond donors (Lipinski definition) is 0. The number of hydrogen-bond acceptors (Lipinski definition) is 3. The van der Waals surface area contributed by atoms with Crippen LogP contribution in [0.15, 0.2) is 0 Å². The Kier molecular flexibility index (Phi) is 4.86. The summed E-state index contributed by atoms with van der Waals surface area (Å²) < 4.78 is 25.1. The molecule has 4 nitrogen and oxygen atoms in total. The Labute approximate surface area is 113 Å². The summed E-state index contributed by atoms with van der Waals surface area (Å²) >= 11 is 3.06. The van der Waals surface area contributed by atoms with Crippen molar-refractivity contribution in [1.82, 2.24) is 9.21 Å². The molecule has 0 bridgehead atoms. The zero-order valence-corrected chi connectivity index (χ0v) is 12.5. The van der Waals surface area contributed by atoms with Gasteiger partial charge in [0.05, 0.1) is 0 Å². The predicted octanol–water partition coefficient (Wildman–Crippen LogP) is 1.62. The zero-order chi connectivity index (χ0) is 12.3. The molecule has 0 radical (unpaired) electrons. The molecule has 0 N–H and O–H groups in total. The van der Waals surface area contributed by atoms with Gasteiger partial charge in [0.2, 0.25) is 10.0 Å². The van der Waals surface area contributed by atoms with Gasteiger partial charge in [0.15, 0.2) is 0 Å². The number of rotatable bonds is 3. The van der Waals surface area contributed by atoms with Crippen LogP contribution in [-0.2, 0) is 10.0 Å². The van der Waals surface area contributed by atoms with E-state index in [9.17, 15) is 8.42 Å². The van der Waals surface area contributed by atoms with E-state index in [0.717, 1.165) is 12.8 Å². The number of nitrogens with zero attached hydrogens (tertiary/aromatic N) is 2. The number of sulfonamides is 1. The third kappa shape index (κ3) is 3.43. The average molecular weight is 325 g/mol. The fourth-order valence-corrected chi connectivity index (χ4v) is 4.61. The van der Waals surface area contributed by atoms with Gasteiger partial charge in [0.25, 0.3) is 0 Å². The van der Waals surface area contributed by atoms with Crippen molar-refractivity contribution >= 4 is 26.0 Å². The van der Waals surface area contributed by atoms with Crippen molar-refractivity contribution < 1.29 is 8.42 Å². The van der Waals surface area contributed by atoms with E-state index in [4.69, 9.17) is 0 Å². The molecule has 2 fully saturated rings. The van der Waals surface area contributed by atoms with E-state index in [-0.39, 0.29) is 4.66 Å². The second kappa shape index (κ2) is 5.99. The number of piperidine rings is 2. The molecule has 0 atom stereocenters. The second-order valence-corrected chi connectivity index (χ2v) is 8.22. The Balaban J connectivity index is 1.85. The number of likely N-dealkylation sites (tertiary alicyclic amines) is 1. The van der Waals surface area contributed by atoms with E-state index in [1.807, 2.05) is 0 Å². The Morgan fingerprint density at radius 1 is 1.00 bits per heavy atom. The molecule has 2 saturated heterocycles. The van der Waals surface area contributed by atoms with Crippen molar-refractivity contribution in [3.05, 3.63) is 0 Å². The molecule has 2 rings (SSSR count). The molecule has 0 aromatic carbocycles. The summed E-state index contributed by atoms with van der Waals surface area (Å²) in [6, 6.07) is 0.608. The Morgan fingerprint density at radius 2 is 1.59 bits per heavy atom. The molecule has 17 heavy (non-hydrogen) atoms. The lowest BCUT2D eigenvalue weighted by atomic mass is 10.0. The maximum atomic E-state index is 11.7. The van der Waals surface area contributed by atoms with Gasteiger partial charge in [-0.25, -0.2) is 12.7 Å². The lowest BCUT2D eigenvalue weighted by Crippen LogP contribution is -2.48. The molecule has 0 amide bonds. The monoisotopic (exact) mass is 324 g/mol. The van der Waals surface area contributed by atoms with Crippen molar-refractivity contribution in [2.75, 3.05) is 30.8 Å². The van der Waals surface area contributed by atoms with Gasteiger partial charge in [-0.1, -0.05) is 22.4 Å². The summed E-state index contributed by atoms with van der Waals surface area (Å²) in [4.78, 5) is 2.56. The first kappa shape index (κ1) is 13.8. The van der Waals surface area contributed by atoms with Crippen LogP contribution in [0.4, 0.5) is 0 Å². The fraction of sp³-hybridized carbons (Fsp3) is 1.00. The molecule has 0 spiro atoms. The number of alkyl halides is 1. The third-order valence-corrected chi connectivity index (χ3v) is 7.03. The summed E-state index contributed by atoms with van der Waals surface area (Å²) in [6.45, 7) is 3.79. The highest BCUT2D eigenvalue weighted by Crippen LogP contribution is 2.22. The highest BCUT2D eigenvalue weighted by molar-refractivity contribution is 9.10. The van der Waals surface area contributed by atoms with Crippen molar-refractivity contribution in [3.63, 3.8) is 0 Å². The van der Waals surface area contributed by atoms with Crippen LogP contribution >= 0.6 is 15.9 Å². The molecule has 2 heterocycles. The first-order valence-corrected chi connectivity index (χ1v) is 9.14. The highest BCUT2D eigenvalue weighted by Gasteiger charge is 2.30. The summed E-state index contributed by atoms with van der Waals surface area (Å²) in [7, 11) is -3.04. The minimum absolute atomic E-state index is 0.0500. The maximum absolute atomic E-state index is 11.7. The minimum Gasteiger partial charge on any atom is -0.300 e. The predicted molar refractivity (Wildman–Crippen MR) is 72.7 cm³/mol. The lowest BCUT2D eigenvalue weighted by Gasteiger charge is -2.39. The average Bonchev–Trinajstić information content (AvgIpc) is 2.40. The van der Waals surface area contributed by atoms with Crippen LogP contribution in [0.25, 0.3) is 0 Å². The quantitative estimate of drug-likeness (QED) is 0.741. The minimum atomic E-state index is -3.04. The van der Waals surface area contributed by atoms with E-state index < -0.39 is 10.0 Å². The van der Waals surface area contributed by atoms with Crippen molar-refractivity contribution in [3.8, 4) is 0 Å². The van der Waals surface area contributed by atoms with Crippen LogP contribution in [0.1, 0.15) is 32.1 Å². The molecule has 0 aromatic rings. The first-order valence-electron chi connectivity index (χ1n) is 6.41. The van der Waals surface area contributed by atoms with E-state index in [2.05, 4.69) is 20.8 Å². The number of halogens is 1. The van der Waals surface area contributed by atoms with E-state index in [0.29, 0.717) is 19.1 Å². The fourth-order valence-electron chi connectivity index (χ4n) is 2.84. The van der Waals surface area contributed by atoms with Crippen LogP contribution in [0.5, 0.6) is 0 Å². The molecule has 100 valence electrons. The van der Waals surface area contributed by atoms with Crippen LogP contribution < -0.4 is 0 Å². The lowest BCUT2D eigenvalue weighted by molar-refractivity contribution is 0.118. The molecule has 2 aliphatic rings. The van der Waals surface area contributed by atoms with Gasteiger partial charge in [0, 0.05) is 19.1 Å². The second-order valence-electron chi connectivity index (χ2n) is 4.95. The van der Waals surface area contributed by atoms with Crippen molar-refractivity contribution in [2.45, 2.75) is 38.1 Å². The topological polar surface area (TPSA) is 40.6 Å². The third-order valence-electron chi connectivity index (χ3n) is 3.86. The van der Waals surface area contributed by atoms with Crippen LogP contribution in [0.3, 0.4) is 0 Å². The van der Waals surface area contributed by atoms with Crippen LogP contribution in [-0.4, -0.2) is 54.5 Å². The summed E-state index contributed by atoms with van der Waals surface area (Å²) in [5.74, 6) is 0. The molecule has 0 saturated carbocycles. The van der Waals surface area contributed by atoms with E-state index >= 15 is 0 Å². The summed E-state index contributed by atoms with van der Waals surface area (Å²) in [5, 5.41) is 0. The van der Waals surface area contributed by atoms with Gasteiger partial charge in [0.1, 0.15) is 4.66 Å². The van der Waals surface area contributed by atoms with Crippen molar-refractivity contribution in [2.24, 2.45) is 0 Å². The molecule has 6 heteroatoms. The summed E-state index contributed by atoms with van der Waals surface area (Å²) in [5.41, 5.74) is 0. The smallest absolute Gasteiger partial charge is 0.224 e. The Hall–Kier alpha value is 0.350. The van der Waals surface area contributed by atoms with Gasteiger partial charge in [-0.3, -0.25) is 0 Å². The van der Waals surface area contributed by atoms with E-state index in [1.54, 1.807) is 4.31 Å². The van der Waals surface area contributed by atoms with Crippen LogP contribution in [0, 0.1) is 0 Å². The van der Waals surface area contributed by atoms with Crippen molar-refractivity contribution in [1.29, 1.82) is 0 Å². The molecule has 0 aliphatic carbocycles.